The molecular formula is C18H20N4O3. The summed E-state index contributed by atoms with van der Waals surface area (Å²) in [6, 6.07) is 15.6. The van der Waals surface area contributed by atoms with Gasteiger partial charge in [0, 0.05) is 23.4 Å². The fourth-order valence-electron chi connectivity index (χ4n) is 2.21. The normalized spacial score (nSPS) is 11.0. The van der Waals surface area contributed by atoms with Gasteiger partial charge in [0.25, 0.3) is 11.6 Å². The Morgan fingerprint density at radius 3 is 2.60 bits per heavy atom. The Balaban J connectivity index is 2.02. The van der Waals surface area contributed by atoms with Crippen molar-refractivity contribution in [3.05, 3.63) is 70.3 Å². The van der Waals surface area contributed by atoms with E-state index in [0.717, 1.165) is 12.1 Å². The van der Waals surface area contributed by atoms with E-state index in [-0.39, 0.29) is 18.1 Å². The number of hydrogen-bond donors (Lipinski definition) is 2. The topological polar surface area (TPSA) is 96.6 Å². The molecular weight excluding hydrogens is 320 g/mol. The molecule has 0 bridgehead atoms. The number of para-hydroxylation sites is 1. The second-order valence-corrected chi connectivity index (χ2v) is 5.37. The Morgan fingerprint density at radius 1 is 1.16 bits per heavy atom. The van der Waals surface area contributed by atoms with Crippen molar-refractivity contribution in [3.63, 3.8) is 0 Å². The van der Waals surface area contributed by atoms with Crippen LogP contribution in [-0.4, -0.2) is 23.1 Å². The molecule has 7 heteroatoms. The van der Waals surface area contributed by atoms with Gasteiger partial charge in [0.15, 0.2) is 0 Å². The number of amides is 1. The molecule has 2 N–H and O–H groups in total. The minimum absolute atomic E-state index is 0.00151. The molecule has 0 saturated carbocycles. The van der Waals surface area contributed by atoms with E-state index in [1.165, 1.54) is 12.1 Å². The van der Waals surface area contributed by atoms with Crippen molar-refractivity contribution in [2.45, 2.75) is 19.8 Å². The minimum Gasteiger partial charge on any atom is -0.376 e. The molecule has 2 aromatic carbocycles. The number of nitrogens with one attached hydrogen (secondary N) is 2. The summed E-state index contributed by atoms with van der Waals surface area (Å²) in [5.41, 5.74) is 4.58. The van der Waals surface area contributed by atoms with Crippen molar-refractivity contribution in [1.29, 1.82) is 0 Å². The summed E-state index contributed by atoms with van der Waals surface area (Å²) in [5.74, 6) is -0.289. The van der Waals surface area contributed by atoms with E-state index < -0.39 is 4.92 Å². The lowest BCUT2D eigenvalue weighted by Crippen LogP contribution is -2.27. The number of non-ortho nitro benzene ring substituents is 1. The van der Waals surface area contributed by atoms with Gasteiger partial charge in [-0.3, -0.25) is 14.9 Å². The predicted molar refractivity (Wildman–Crippen MR) is 97.6 cm³/mol. The van der Waals surface area contributed by atoms with Crippen LogP contribution in [0.5, 0.6) is 0 Å². The summed E-state index contributed by atoms with van der Waals surface area (Å²) in [6.07, 6.45) is 1.41. The van der Waals surface area contributed by atoms with Crippen molar-refractivity contribution in [2.75, 3.05) is 11.9 Å². The van der Waals surface area contributed by atoms with E-state index in [1.54, 1.807) is 12.1 Å². The highest BCUT2D eigenvalue weighted by molar-refractivity contribution is 6.01. The van der Waals surface area contributed by atoms with Crippen LogP contribution < -0.4 is 10.7 Å². The molecule has 0 radical (unpaired) electrons. The van der Waals surface area contributed by atoms with E-state index >= 15 is 0 Å². The third-order valence-corrected chi connectivity index (χ3v) is 3.42. The summed E-state index contributed by atoms with van der Waals surface area (Å²) < 4.78 is 0. The first-order valence-corrected chi connectivity index (χ1v) is 7.99. The van der Waals surface area contributed by atoms with Gasteiger partial charge >= 0.3 is 0 Å². The molecule has 0 aliphatic carbocycles. The molecule has 0 fully saturated rings. The van der Waals surface area contributed by atoms with Gasteiger partial charge in [0.1, 0.15) is 0 Å². The van der Waals surface area contributed by atoms with E-state index in [9.17, 15) is 14.9 Å². The lowest BCUT2D eigenvalue weighted by molar-refractivity contribution is -0.384. The summed E-state index contributed by atoms with van der Waals surface area (Å²) >= 11 is 0. The summed E-state index contributed by atoms with van der Waals surface area (Å²) in [7, 11) is 0. The monoisotopic (exact) mass is 340 g/mol. The van der Waals surface area contributed by atoms with Gasteiger partial charge in [0.05, 0.1) is 17.2 Å². The number of nitro benzene ring substituents is 1. The molecule has 0 heterocycles. The average Bonchev–Trinajstić information content (AvgIpc) is 2.64. The second-order valence-electron chi connectivity index (χ2n) is 5.37. The van der Waals surface area contributed by atoms with Crippen LogP contribution in [0.3, 0.4) is 0 Å². The van der Waals surface area contributed by atoms with Crippen LogP contribution >= 0.6 is 0 Å². The van der Waals surface area contributed by atoms with Crippen LogP contribution in [0.4, 0.5) is 11.4 Å². The number of nitro groups is 1. The maximum atomic E-state index is 11.9. The zero-order valence-electron chi connectivity index (χ0n) is 13.9. The van der Waals surface area contributed by atoms with Crippen LogP contribution in [0.25, 0.3) is 0 Å². The highest BCUT2D eigenvalue weighted by Gasteiger charge is 2.10. The Kier molecular flexibility index (Phi) is 6.65. The fourth-order valence-corrected chi connectivity index (χ4v) is 2.21. The smallest absolute Gasteiger partial charge is 0.270 e. The first-order chi connectivity index (χ1) is 12.1. The Morgan fingerprint density at radius 2 is 1.92 bits per heavy atom. The number of nitrogens with zero attached hydrogens (tertiary/aromatic N) is 2. The fraction of sp³-hybridized carbons (Fsp3) is 0.222. The largest absolute Gasteiger partial charge is 0.376 e. The van der Waals surface area contributed by atoms with E-state index in [1.807, 2.05) is 37.3 Å². The first-order valence-electron chi connectivity index (χ1n) is 7.99. The Labute approximate surface area is 145 Å². The van der Waals surface area contributed by atoms with E-state index in [4.69, 9.17) is 0 Å². The molecule has 0 aliphatic rings. The Hall–Kier alpha value is -3.22. The number of anilines is 1. The number of hydrazone groups is 1. The molecule has 0 saturated heterocycles. The number of benzene rings is 2. The number of carbonyl (C=O) groups is 1. The Bertz CT molecular complexity index is 760. The maximum absolute atomic E-state index is 11.9. The van der Waals surface area contributed by atoms with Gasteiger partial charge in [-0.1, -0.05) is 43.7 Å². The van der Waals surface area contributed by atoms with Crippen LogP contribution in [0.1, 0.15) is 25.3 Å². The van der Waals surface area contributed by atoms with Gasteiger partial charge in [-0.2, -0.15) is 5.10 Å². The lowest BCUT2D eigenvalue weighted by Gasteiger charge is -2.08. The molecule has 0 spiro atoms. The molecule has 1 amide bonds. The molecule has 2 aromatic rings. The zero-order chi connectivity index (χ0) is 18.1. The molecule has 7 nitrogen and oxygen atoms in total. The van der Waals surface area contributed by atoms with Gasteiger partial charge in [-0.25, -0.2) is 5.43 Å². The number of carbonyl (C=O) groups excluding carboxylic acids is 1. The standard InChI is InChI=1S/C18H20N4O3/c1-2-7-17(14-8-6-11-16(12-14)22(24)25)20-21-18(23)13-19-15-9-4-3-5-10-15/h3-6,8-12,19H,2,7,13H2,1H3,(H,21,23)/b20-17-. The highest BCUT2D eigenvalue weighted by Crippen LogP contribution is 2.15. The van der Waals surface area contributed by atoms with Crippen molar-refractivity contribution in [2.24, 2.45) is 5.10 Å². The SMILES string of the molecule is CCC/C(=N/NC(=O)CNc1ccccc1)c1cccc([N+](=O)[O-])c1. The summed E-state index contributed by atoms with van der Waals surface area (Å²) in [4.78, 5) is 22.4. The van der Waals surface area contributed by atoms with Gasteiger partial charge in [-0.15, -0.1) is 0 Å². The molecule has 2 rings (SSSR count). The highest BCUT2D eigenvalue weighted by atomic mass is 16.6. The summed E-state index contributed by atoms with van der Waals surface area (Å²) in [5, 5.41) is 18.1. The number of rotatable bonds is 8. The third kappa shape index (κ3) is 5.72. The van der Waals surface area contributed by atoms with Crippen molar-refractivity contribution >= 4 is 23.0 Å². The minimum atomic E-state index is -0.449. The molecule has 0 atom stereocenters. The molecule has 130 valence electrons. The van der Waals surface area contributed by atoms with Gasteiger partial charge < -0.3 is 5.32 Å². The first kappa shape index (κ1) is 18.1. The van der Waals surface area contributed by atoms with Crippen LogP contribution in [0, 0.1) is 10.1 Å². The molecule has 0 aromatic heterocycles. The average molecular weight is 340 g/mol. The molecule has 25 heavy (non-hydrogen) atoms. The maximum Gasteiger partial charge on any atom is 0.270 e. The van der Waals surface area contributed by atoms with Gasteiger partial charge in [0.2, 0.25) is 0 Å². The van der Waals surface area contributed by atoms with Crippen molar-refractivity contribution < 1.29 is 9.72 Å². The van der Waals surface area contributed by atoms with E-state index in [2.05, 4.69) is 15.8 Å². The van der Waals surface area contributed by atoms with Crippen LogP contribution in [0.2, 0.25) is 0 Å². The quantitative estimate of drug-likeness (QED) is 0.437. The van der Waals surface area contributed by atoms with Crippen molar-refractivity contribution in [3.8, 4) is 0 Å². The lowest BCUT2D eigenvalue weighted by atomic mass is 10.1. The molecule has 0 unspecified atom stereocenters. The third-order valence-electron chi connectivity index (χ3n) is 3.42. The van der Waals surface area contributed by atoms with Crippen molar-refractivity contribution in [1.82, 2.24) is 5.43 Å². The molecule has 0 aliphatic heterocycles. The van der Waals surface area contributed by atoms with Gasteiger partial charge in [-0.05, 0) is 18.6 Å². The van der Waals surface area contributed by atoms with E-state index in [0.29, 0.717) is 17.7 Å². The zero-order valence-corrected chi connectivity index (χ0v) is 13.9. The second kappa shape index (κ2) is 9.17. The van der Waals surface area contributed by atoms with Crippen LogP contribution in [-0.2, 0) is 4.79 Å². The summed E-state index contributed by atoms with van der Waals surface area (Å²) in [6.45, 7) is 2.06. The predicted octanol–water partition coefficient (Wildman–Crippen LogP) is 3.33. The number of hydrogen-bond acceptors (Lipinski definition) is 5. The van der Waals surface area contributed by atoms with Crippen LogP contribution in [0.15, 0.2) is 59.7 Å².